The average molecular weight is 369 g/mol. The number of likely N-dealkylation sites (tertiary alicyclic amines) is 1. The molecule has 0 spiro atoms. The molecule has 0 bridgehead atoms. The van der Waals surface area contributed by atoms with Crippen molar-refractivity contribution < 1.29 is 18.3 Å². The van der Waals surface area contributed by atoms with E-state index in [1.165, 1.54) is 6.20 Å². The zero-order chi connectivity index (χ0) is 18.7. The van der Waals surface area contributed by atoms with Crippen LogP contribution in [0.3, 0.4) is 0 Å². The van der Waals surface area contributed by atoms with Crippen molar-refractivity contribution >= 4 is 0 Å². The zero-order valence-electron chi connectivity index (χ0n) is 14.6. The van der Waals surface area contributed by atoms with Crippen molar-refractivity contribution in [1.29, 1.82) is 0 Å². The number of aliphatic hydroxyl groups excluding tert-OH is 1. The summed E-state index contributed by atoms with van der Waals surface area (Å²) in [5, 5.41) is 13.5. The van der Waals surface area contributed by atoms with Crippen LogP contribution in [0.1, 0.15) is 41.5 Å². The molecule has 0 unspecified atom stereocenters. The van der Waals surface area contributed by atoms with E-state index in [2.05, 4.69) is 20.0 Å². The topological polar surface area (TPSA) is 67.1 Å². The summed E-state index contributed by atoms with van der Waals surface area (Å²) in [5.74, 6) is -0.816. The molecule has 3 rings (SSSR count). The van der Waals surface area contributed by atoms with Crippen LogP contribution in [0.2, 0.25) is 0 Å². The SMILES string of the molecule is Cc1nc(C(F)(F)F)ncc1CN1CCC[C@@H](c2ccn(CCO)n2)C1. The summed E-state index contributed by atoms with van der Waals surface area (Å²) in [4.78, 5) is 9.29. The molecule has 2 aromatic rings. The third kappa shape index (κ3) is 4.39. The van der Waals surface area contributed by atoms with Gasteiger partial charge in [-0.05, 0) is 32.4 Å². The van der Waals surface area contributed by atoms with Gasteiger partial charge in [0.15, 0.2) is 0 Å². The van der Waals surface area contributed by atoms with Crippen LogP contribution in [0.15, 0.2) is 18.5 Å². The molecule has 142 valence electrons. The van der Waals surface area contributed by atoms with Crippen LogP contribution in [0.5, 0.6) is 0 Å². The highest BCUT2D eigenvalue weighted by atomic mass is 19.4. The van der Waals surface area contributed by atoms with Crippen LogP contribution in [0, 0.1) is 6.92 Å². The molecule has 0 aliphatic carbocycles. The van der Waals surface area contributed by atoms with Gasteiger partial charge in [-0.1, -0.05) is 0 Å². The van der Waals surface area contributed by atoms with E-state index in [0.29, 0.717) is 24.3 Å². The Balaban J connectivity index is 1.66. The Morgan fingerprint density at radius 1 is 1.35 bits per heavy atom. The van der Waals surface area contributed by atoms with Gasteiger partial charge in [0.1, 0.15) is 0 Å². The van der Waals surface area contributed by atoms with E-state index in [4.69, 9.17) is 5.11 Å². The fraction of sp³-hybridized carbons (Fsp3) is 0.588. The lowest BCUT2D eigenvalue weighted by molar-refractivity contribution is -0.145. The monoisotopic (exact) mass is 369 g/mol. The maximum atomic E-state index is 12.7. The van der Waals surface area contributed by atoms with E-state index < -0.39 is 12.0 Å². The van der Waals surface area contributed by atoms with Gasteiger partial charge in [-0.15, -0.1) is 0 Å². The van der Waals surface area contributed by atoms with Gasteiger partial charge in [0, 0.05) is 42.7 Å². The molecule has 1 aliphatic rings. The van der Waals surface area contributed by atoms with Gasteiger partial charge in [-0.25, -0.2) is 9.97 Å². The van der Waals surface area contributed by atoms with Gasteiger partial charge >= 0.3 is 6.18 Å². The molecular weight excluding hydrogens is 347 g/mol. The Kier molecular flexibility index (Phi) is 5.57. The third-order valence-electron chi connectivity index (χ3n) is 4.64. The summed E-state index contributed by atoms with van der Waals surface area (Å²) in [5.41, 5.74) is 2.06. The molecular formula is C17H22F3N5O. The summed E-state index contributed by atoms with van der Waals surface area (Å²) in [7, 11) is 0. The molecule has 1 saturated heterocycles. The Labute approximate surface area is 149 Å². The maximum Gasteiger partial charge on any atom is 0.451 e. The van der Waals surface area contributed by atoms with Gasteiger partial charge < -0.3 is 5.11 Å². The van der Waals surface area contributed by atoms with Crippen LogP contribution >= 0.6 is 0 Å². The van der Waals surface area contributed by atoms with Crippen LogP contribution in [-0.2, 0) is 19.3 Å². The number of hydrogen-bond donors (Lipinski definition) is 1. The molecule has 0 saturated carbocycles. The highest BCUT2D eigenvalue weighted by molar-refractivity contribution is 5.17. The van der Waals surface area contributed by atoms with Gasteiger partial charge in [-0.2, -0.15) is 18.3 Å². The lowest BCUT2D eigenvalue weighted by atomic mass is 9.94. The van der Waals surface area contributed by atoms with Crippen LogP contribution in [0.4, 0.5) is 13.2 Å². The molecule has 0 aromatic carbocycles. The number of aryl methyl sites for hydroxylation is 1. The molecule has 6 nitrogen and oxygen atoms in total. The van der Waals surface area contributed by atoms with Gasteiger partial charge in [0.25, 0.3) is 0 Å². The van der Waals surface area contributed by atoms with Gasteiger partial charge in [-0.3, -0.25) is 9.58 Å². The Hall–Kier alpha value is -2.00. The van der Waals surface area contributed by atoms with Crippen molar-refractivity contribution in [2.75, 3.05) is 19.7 Å². The molecule has 1 aliphatic heterocycles. The Morgan fingerprint density at radius 2 is 2.15 bits per heavy atom. The number of alkyl halides is 3. The molecule has 9 heteroatoms. The van der Waals surface area contributed by atoms with Crippen molar-refractivity contribution in [2.24, 2.45) is 0 Å². The second-order valence-corrected chi connectivity index (χ2v) is 6.60. The predicted molar refractivity (Wildman–Crippen MR) is 88.3 cm³/mol. The molecule has 0 radical (unpaired) electrons. The van der Waals surface area contributed by atoms with Crippen LogP contribution < -0.4 is 0 Å². The van der Waals surface area contributed by atoms with Crippen molar-refractivity contribution in [3.05, 3.63) is 41.2 Å². The number of aromatic nitrogens is 4. The molecule has 1 atom stereocenters. The second kappa shape index (κ2) is 7.71. The van der Waals surface area contributed by atoms with E-state index in [1.807, 2.05) is 12.3 Å². The lowest BCUT2D eigenvalue weighted by Crippen LogP contribution is -2.34. The fourth-order valence-electron chi connectivity index (χ4n) is 3.29. The summed E-state index contributed by atoms with van der Waals surface area (Å²) in [6.45, 7) is 4.30. The number of rotatable bonds is 5. The lowest BCUT2D eigenvalue weighted by Gasteiger charge is -2.32. The van der Waals surface area contributed by atoms with E-state index in [0.717, 1.165) is 31.6 Å². The first-order valence-electron chi connectivity index (χ1n) is 8.63. The van der Waals surface area contributed by atoms with Crippen molar-refractivity contribution in [3.63, 3.8) is 0 Å². The molecule has 3 heterocycles. The Morgan fingerprint density at radius 3 is 2.85 bits per heavy atom. The van der Waals surface area contributed by atoms with E-state index in [-0.39, 0.29) is 12.5 Å². The number of aliphatic hydroxyl groups is 1. The molecule has 1 fully saturated rings. The van der Waals surface area contributed by atoms with E-state index in [1.54, 1.807) is 11.6 Å². The standard InChI is InChI=1S/C17H22F3N5O/c1-12-14(9-21-16(22-12)17(18,19)20)11-24-5-2-3-13(10-24)15-4-6-25(23-15)7-8-26/h4,6,9,13,26H,2-3,5,7-8,10-11H2,1H3/t13-/m1/s1. The highest BCUT2D eigenvalue weighted by Gasteiger charge is 2.35. The van der Waals surface area contributed by atoms with E-state index >= 15 is 0 Å². The average Bonchev–Trinajstić information content (AvgIpc) is 3.05. The van der Waals surface area contributed by atoms with Crippen molar-refractivity contribution in [1.82, 2.24) is 24.6 Å². The summed E-state index contributed by atoms with van der Waals surface area (Å²) < 4.78 is 39.8. The quantitative estimate of drug-likeness (QED) is 0.877. The summed E-state index contributed by atoms with van der Waals surface area (Å²) >= 11 is 0. The van der Waals surface area contributed by atoms with Crippen LogP contribution in [-0.4, -0.2) is 49.5 Å². The second-order valence-electron chi connectivity index (χ2n) is 6.60. The minimum absolute atomic E-state index is 0.0467. The predicted octanol–water partition coefficient (Wildman–Crippen LogP) is 2.37. The first kappa shape index (κ1) is 18.8. The normalized spacial score (nSPS) is 19.0. The molecule has 0 amide bonds. The first-order chi connectivity index (χ1) is 12.4. The Bertz CT molecular complexity index is 746. The fourth-order valence-corrected chi connectivity index (χ4v) is 3.29. The first-order valence-corrected chi connectivity index (χ1v) is 8.63. The summed E-state index contributed by atoms with van der Waals surface area (Å²) in [6.07, 6.45) is 0.642. The zero-order valence-corrected chi connectivity index (χ0v) is 14.6. The van der Waals surface area contributed by atoms with Crippen LogP contribution in [0.25, 0.3) is 0 Å². The van der Waals surface area contributed by atoms with Gasteiger partial charge in [0.05, 0.1) is 18.8 Å². The number of piperidine rings is 1. The highest BCUT2D eigenvalue weighted by Crippen LogP contribution is 2.28. The molecule has 2 aromatic heterocycles. The van der Waals surface area contributed by atoms with Crippen molar-refractivity contribution in [3.8, 4) is 0 Å². The smallest absolute Gasteiger partial charge is 0.394 e. The minimum Gasteiger partial charge on any atom is -0.394 e. The summed E-state index contributed by atoms with van der Waals surface area (Å²) in [6, 6.07) is 1.97. The molecule has 26 heavy (non-hydrogen) atoms. The third-order valence-corrected chi connectivity index (χ3v) is 4.64. The minimum atomic E-state index is -4.52. The largest absolute Gasteiger partial charge is 0.451 e. The van der Waals surface area contributed by atoms with Gasteiger partial charge in [0.2, 0.25) is 5.82 Å². The van der Waals surface area contributed by atoms with E-state index in [9.17, 15) is 13.2 Å². The number of hydrogen-bond acceptors (Lipinski definition) is 5. The maximum absolute atomic E-state index is 12.7. The molecule has 1 N–H and O–H groups in total. The number of halogens is 3. The van der Waals surface area contributed by atoms with Crippen molar-refractivity contribution in [2.45, 2.75) is 44.9 Å². The number of nitrogens with zero attached hydrogens (tertiary/aromatic N) is 5.